The molecule has 0 amide bonds. The van der Waals surface area contributed by atoms with Gasteiger partial charge in [-0.15, -0.1) is 0 Å². The summed E-state index contributed by atoms with van der Waals surface area (Å²) < 4.78 is 10.9. The lowest BCUT2D eigenvalue weighted by Gasteiger charge is -2.09. The van der Waals surface area contributed by atoms with E-state index in [1.807, 2.05) is 19.1 Å². The molecule has 3 heteroatoms. The van der Waals surface area contributed by atoms with E-state index in [1.54, 1.807) is 6.20 Å². The van der Waals surface area contributed by atoms with Crippen molar-refractivity contribution in [1.82, 2.24) is 4.98 Å². The predicted molar refractivity (Wildman–Crippen MR) is 53.4 cm³/mol. The minimum atomic E-state index is 0.552. The van der Waals surface area contributed by atoms with Crippen molar-refractivity contribution < 1.29 is 9.47 Å². The van der Waals surface area contributed by atoms with Gasteiger partial charge < -0.3 is 9.47 Å². The maximum atomic E-state index is 5.60. The third kappa shape index (κ3) is 2.45. The number of hydrogen-bond acceptors (Lipinski definition) is 3. The second-order valence-electron chi connectivity index (χ2n) is 3.68. The fourth-order valence-corrected chi connectivity index (χ4v) is 1.47. The first-order valence-electron chi connectivity index (χ1n) is 4.98. The molecule has 3 nitrogen and oxygen atoms in total. The van der Waals surface area contributed by atoms with Crippen molar-refractivity contribution in [2.24, 2.45) is 5.92 Å². The lowest BCUT2D eigenvalue weighted by Crippen LogP contribution is -2.11. The van der Waals surface area contributed by atoms with E-state index >= 15 is 0 Å². The molecule has 1 aromatic heterocycles. The Hall–Kier alpha value is -1.09. The van der Waals surface area contributed by atoms with Crippen LogP contribution in [0.25, 0.3) is 0 Å². The van der Waals surface area contributed by atoms with E-state index in [9.17, 15) is 0 Å². The monoisotopic (exact) mass is 193 g/mol. The van der Waals surface area contributed by atoms with Gasteiger partial charge >= 0.3 is 0 Å². The summed E-state index contributed by atoms with van der Waals surface area (Å²) in [6.45, 7) is 4.42. The van der Waals surface area contributed by atoms with Crippen LogP contribution in [0.15, 0.2) is 18.3 Å². The minimum absolute atomic E-state index is 0.552. The minimum Gasteiger partial charge on any atom is -0.492 e. The number of aryl methyl sites for hydroxylation is 1. The quantitative estimate of drug-likeness (QED) is 0.733. The van der Waals surface area contributed by atoms with E-state index in [-0.39, 0.29) is 0 Å². The third-order valence-electron chi connectivity index (χ3n) is 2.39. The molecule has 1 atom stereocenters. The number of hydrogen-bond donors (Lipinski definition) is 0. The fraction of sp³-hybridized carbons (Fsp3) is 0.545. The summed E-state index contributed by atoms with van der Waals surface area (Å²) in [6, 6.07) is 3.92. The molecule has 0 radical (unpaired) electrons. The zero-order chi connectivity index (χ0) is 9.80. The van der Waals surface area contributed by atoms with Gasteiger partial charge in [0.2, 0.25) is 0 Å². The van der Waals surface area contributed by atoms with Gasteiger partial charge in [0.25, 0.3) is 0 Å². The van der Waals surface area contributed by atoms with Crippen LogP contribution in [0.1, 0.15) is 12.1 Å². The van der Waals surface area contributed by atoms with Gasteiger partial charge in [-0.05, 0) is 25.5 Å². The molecular formula is C11H15NO2. The summed E-state index contributed by atoms with van der Waals surface area (Å²) in [7, 11) is 0. The molecule has 2 heterocycles. The molecule has 1 aromatic rings. The third-order valence-corrected chi connectivity index (χ3v) is 2.39. The highest BCUT2D eigenvalue weighted by atomic mass is 16.5. The lowest BCUT2D eigenvalue weighted by atomic mass is 10.1. The second-order valence-corrected chi connectivity index (χ2v) is 3.68. The Bertz CT molecular complexity index is 278. The van der Waals surface area contributed by atoms with Crippen LogP contribution in [0.3, 0.4) is 0 Å². The molecule has 0 saturated carbocycles. The first kappa shape index (κ1) is 9.46. The van der Waals surface area contributed by atoms with E-state index in [1.165, 1.54) is 0 Å². The first-order valence-corrected chi connectivity index (χ1v) is 4.98. The molecule has 14 heavy (non-hydrogen) atoms. The number of pyridine rings is 1. The molecule has 0 spiro atoms. The maximum Gasteiger partial charge on any atom is 0.137 e. The summed E-state index contributed by atoms with van der Waals surface area (Å²) in [5.74, 6) is 1.40. The van der Waals surface area contributed by atoms with Crippen molar-refractivity contribution in [3.8, 4) is 5.75 Å². The van der Waals surface area contributed by atoms with Crippen LogP contribution < -0.4 is 4.74 Å². The summed E-state index contributed by atoms with van der Waals surface area (Å²) in [5.41, 5.74) is 1.02. The average Bonchev–Trinajstić information content (AvgIpc) is 2.70. The van der Waals surface area contributed by atoms with Crippen molar-refractivity contribution in [2.75, 3.05) is 19.8 Å². The largest absolute Gasteiger partial charge is 0.492 e. The van der Waals surface area contributed by atoms with Crippen LogP contribution in [0.4, 0.5) is 0 Å². The Kier molecular flexibility index (Phi) is 2.99. The number of rotatable bonds is 3. The van der Waals surface area contributed by atoms with Crippen LogP contribution in [0.5, 0.6) is 5.75 Å². The lowest BCUT2D eigenvalue weighted by molar-refractivity contribution is 0.167. The van der Waals surface area contributed by atoms with Crippen molar-refractivity contribution in [3.05, 3.63) is 24.0 Å². The molecule has 1 fully saturated rings. The zero-order valence-corrected chi connectivity index (χ0v) is 8.40. The topological polar surface area (TPSA) is 31.4 Å². The van der Waals surface area contributed by atoms with Gasteiger partial charge in [0, 0.05) is 18.2 Å². The van der Waals surface area contributed by atoms with Gasteiger partial charge in [-0.25, -0.2) is 0 Å². The number of ether oxygens (including phenoxy) is 2. The van der Waals surface area contributed by atoms with E-state index in [2.05, 4.69) is 4.98 Å². The van der Waals surface area contributed by atoms with Crippen LogP contribution >= 0.6 is 0 Å². The summed E-state index contributed by atoms with van der Waals surface area (Å²) in [5, 5.41) is 0. The van der Waals surface area contributed by atoms with Crippen LogP contribution in [-0.2, 0) is 4.74 Å². The van der Waals surface area contributed by atoms with Gasteiger partial charge in [-0.2, -0.15) is 0 Å². The Morgan fingerprint density at radius 3 is 3.14 bits per heavy atom. The molecule has 0 N–H and O–H groups in total. The fourth-order valence-electron chi connectivity index (χ4n) is 1.47. The first-order chi connectivity index (χ1) is 6.84. The Morgan fingerprint density at radius 2 is 2.50 bits per heavy atom. The molecule has 76 valence electrons. The van der Waals surface area contributed by atoms with Gasteiger partial charge in [0.1, 0.15) is 5.75 Å². The molecule has 1 aliphatic heterocycles. The molecule has 0 bridgehead atoms. The standard InChI is InChI=1S/C11H15NO2/c1-9-2-3-11(6-12-9)14-8-10-4-5-13-7-10/h2-3,6,10H,4-5,7-8H2,1H3. The second kappa shape index (κ2) is 4.42. The molecule has 1 saturated heterocycles. The molecule has 0 aliphatic carbocycles. The van der Waals surface area contributed by atoms with Crippen molar-refractivity contribution >= 4 is 0 Å². The van der Waals surface area contributed by atoms with Crippen molar-refractivity contribution in [2.45, 2.75) is 13.3 Å². The number of nitrogens with zero attached hydrogens (tertiary/aromatic N) is 1. The van der Waals surface area contributed by atoms with E-state index < -0.39 is 0 Å². The van der Waals surface area contributed by atoms with E-state index in [0.29, 0.717) is 5.92 Å². The Labute approximate surface area is 84.1 Å². The average molecular weight is 193 g/mol. The highest BCUT2D eigenvalue weighted by molar-refractivity contribution is 5.19. The van der Waals surface area contributed by atoms with Crippen LogP contribution in [0.2, 0.25) is 0 Å². The number of aromatic nitrogens is 1. The molecule has 1 unspecified atom stereocenters. The molecule has 0 aromatic carbocycles. The SMILES string of the molecule is Cc1ccc(OCC2CCOC2)cn1. The van der Waals surface area contributed by atoms with Gasteiger partial charge in [-0.1, -0.05) is 0 Å². The summed E-state index contributed by atoms with van der Waals surface area (Å²) >= 11 is 0. The van der Waals surface area contributed by atoms with Crippen molar-refractivity contribution in [1.29, 1.82) is 0 Å². The highest BCUT2D eigenvalue weighted by Gasteiger charge is 2.15. The summed E-state index contributed by atoms with van der Waals surface area (Å²) in [6.07, 6.45) is 2.88. The molecule has 2 rings (SSSR count). The Morgan fingerprint density at radius 1 is 1.57 bits per heavy atom. The Balaban J connectivity index is 1.82. The smallest absolute Gasteiger partial charge is 0.137 e. The maximum absolute atomic E-state index is 5.60. The van der Waals surface area contributed by atoms with Gasteiger partial charge in [-0.3, -0.25) is 4.98 Å². The van der Waals surface area contributed by atoms with Crippen LogP contribution in [0, 0.1) is 12.8 Å². The normalized spacial score (nSPS) is 21.1. The summed E-state index contributed by atoms with van der Waals surface area (Å²) in [4.78, 5) is 4.17. The van der Waals surface area contributed by atoms with Gasteiger partial charge in [0.05, 0.1) is 19.4 Å². The van der Waals surface area contributed by atoms with E-state index in [0.717, 1.165) is 37.7 Å². The molecular weight excluding hydrogens is 178 g/mol. The zero-order valence-electron chi connectivity index (χ0n) is 8.40. The van der Waals surface area contributed by atoms with Gasteiger partial charge in [0.15, 0.2) is 0 Å². The van der Waals surface area contributed by atoms with Crippen LogP contribution in [-0.4, -0.2) is 24.8 Å². The molecule has 1 aliphatic rings. The van der Waals surface area contributed by atoms with Crippen molar-refractivity contribution in [3.63, 3.8) is 0 Å². The highest BCUT2D eigenvalue weighted by Crippen LogP contribution is 2.15. The predicted octanol–water partition coefficient (Wildman–Crippen LogP) is 1.81. The van der Waals surface area contributed by atoms with E-state index in [4.69, 9.17) is 9.47 Å².